The number of benzene rings is 1. The van der Waals surface area contributed by atoms with E-state index in [4.69, 9.17) is 10.5 Å². The molecule has 3 heteroatoms. The van der Waals surface area contributed by atoms with Crippen molar-refractivity contribution in [2.75, 3.05) is 12.3 Å². The van der Waals surface area contributed by atoms with Gasteiger partial charge in [-0.25, -0.2) is 4.39 Å². The van der Waals surface area contributed by atoms with Gasteiger partial charge in [0.1, 0.15) is 5.82 Å². The molecular formula is C12H16FNO. The second-order valence-corrected chi connectivity index (χ2v) is 4.09. The molecule has 2 N–H and O–H groups in total. The summed E-state index contributed by atoms with van der Waals surface area (Å²) in [4.78, 5) is 0. The van der Waals surface area contributed by atoms with Crippen molar-refractivity contribution in [2.24, 2.45) is 5.92 Å². The number of hydrogen-bond acceptors (Lipinski definition) is 2. The van der Waals surface area contributed by atoms with Crippen molar-refractivity contribution >= 4 is 5.69 Å². The van der Waals surface area contributed by atoms with Crippen LogP contribution in [0.2, 0.25) is 0 Å². The highest BCUT2D eigenvalue weighted by molar-refractivity contribution is 5.46. The molecule has 0 heterocycles. The molecule has 0 radical (unpaired) electrons. The largest absolute Gasteiger partial charge is 0.398 e. The van der Waals surface area contributed by atoms with Crippen LogP contribution < -0.4 is 5.73 Å². The van der Waals surface area contributed by atoms with E-state index < -0.39 is 0 Å². The van der Waals surface area contributed by atoms with Gasteiger partial charge in [-0.3, -0.25) is 0 Å². The Kier molecular flexibility index (Phi) is 3.21. The lowest BCUT2D eigenvalue weighted by Gasteiger charge is -2.07. The van der Waals surface area contributed by atoms with Crippen molar-refractivity contribution in [1.82, 2.24) is 0 Å². The van der Waals surface area contributed by atoms with Crippen molar-refractivity contribution in [1.29, 1.82) is 0 Å². The van der Waals surface area contributed by atoms with Crippen LogP contribution in [0.25, 0.3) is 0 Å². The van der Waals surface area contributed by atoms with E-state index in [1.807, 2.05) is 0 Å². The average molecular weight is 209 g/mol. The van der Waals surface area contributed by atoms with Gasteiger partial charge in [-0.1, -0.05) is 18.9 Å². The second-order valence-electron chi connectivity index (χ2n) is 4.09. The fourth-order valence-corrected chi connectivity index (χ4v) is 1.56. The van der Waals surface area contributed by atoms with Crippen molar-refractivity contribution in [3.63, 3.8) is 0 Å². The van der Waals surface area contributed by atoms with E-state index >= 15 is 0 Å². The first kappa shape index (κ1) is 10.4. The maximum Gasteiger partial charge on any atom is 0.130 e. The molecule has 1 aliphatic carbocycles. The van der Waals surface area contributed by atoms with Crippen molar-refractivity contribution in [3.8, 4) is 0 Å². The first-order valence-corrected chi connectivity index (χ1v) is 5.38. The lowest BCUT2D eigenvalue weighted by atomic mass is 10.2. The molecule has 0 amide bonds. The smallest absolute Gasteiger partial charge is 0.130 e. The van der Waals surface area contributed by atoms with Gasteiger partial charge in [-0.15, -0.1) is 0 Å². The summed E-state index contributed by atoms with van der Waals surface area (Å²) in [5.41, 5.74) is 6.61. The zero-order chi connectivity index (χ0) is 10.7. The Morgan fingerprint density at radius 2 is 2.20 bits per heavy atom. The van der Waals surface area contributed by atoms with Gasteiger partial charge in [-0.05, 0) is 24.5 Å². The van der Waals surface area contributed by atoms with Crippen LogP contribution in [0, 0.1) is 11.7 Å². The lowest BCUT2D eigenvalue weighted by Crippen LogP contribution is -2.02. The predicted octanol–water partition coefficient (Wildman–Crippen LogP) is 2.72. The highest BCUT2D eigenvalue weighted by Gasteiger charge is 2.20. The maximum absolute atomic E-state index is 13.3. The van der Waals surface area contributed by atoms with Crippen molar-refractivity contribution in [2.45, 2.75) is 25.9 Å². The number of rotatable bonds is 5. The molecule has 0 bridgehead atoms. The zero-order valence-corrected chi connectivity index (χ0v) is 8.71. The number of hydrogen-bond donors (Lipinski definition) is 1. The Labute approximate surface area is 89.2 Å². The van der Waals surface area contributed by atoms with Crippen LogP contribution in [0.15, 0.2) is 18.2 Å². The minimum absolute atomic E-state index is 0.276. The topological polar surface area (TPSA) is 35.2 Å². The molecule has 0 atom stereocenters. The lowest BCUT2D eigenvalue weighted by molar-refractivity contribution is 0.113. The minimum atomic E-state index is -0.276. The average Bonchev–Trinajstić information content (AvgIpc) is 3.00. The third kappa shape index (κ3) is 2.93. The van der Waals surface area contributed by atoms with Gasteiger partial charge in [0.05, 0.1) is 6.61 Å². The minimum Gasteiger partial charge on any atom is -0.398 e. The fraction of sp³-hybridized carbons (Fsp3) is 0.500. The molecule has 82 valence electrons. The van der Waals surface area contributed by atoms with E-state index in [1.165, 1.54) is 18.9 Å². The van der Waals surface area contributed by atoms with Gasteiger partial charge in [0.2, 0.25) is 0 Å². The van der Waals surface area contributed by atoms with E-state index in [9.17, 15) is 4.39 Å². The first-order chi connectivity index (χ1) is 7.27. The molecule has 1 aromatic carbocycles. The molecule has 2 rings (SSSR count). The van der Waals surface area contributed by atoms with Gasteiger partial charge >= 0.3 is 0 Å². The summed E-state index contributed by atoms with van der Waals surface area (Å²) in [6, 6.07) is 4.72. The van der Waals surface area contributed by atoms with E-state index in [-0.39, 0.29) is 12.4 Å². The van der Waals surface area contributed by atoms with Crippen LogP contribution in [0.1, 0.15) is 24.8 Å². The van der Waals surface area contributed by atoms with E-state index in [0.717, 1.165) is 12.3 Å². The molecule has 15 heavy (non-hydrogen) atoms. The number of halogens is 1. The molecule has 1 aliphatic rings. The Morgan fingerprint density at radius 1 is 1.40 bits per heavy atom. The van der Waals surface area contributed by atoms with E-state index in [0.29, 0.717) is 17.9 Å². The fourth-order valence-electron chi connectivity index (χ4n) is 1.56. The van der Waals surface area contributed by atoms with Crippen molar-refractivity contribution in [3.05, 3.63) is 29.6 Å². The van der Waals surface area contributed by atoms with Gasteiger partial charge in [-0.2, -0.15) is 0 Å². The Hall–Kier alpha value is -1.09. The quantitative estimate of drug-likeness (QED) is 0.597. The molecule has 1 aromatic rings. The monoisotopic (exact) mass is 209 g/mol. The van der Waals surface area contributed by atoms with Crippen LogP contribution in [-0.2, 0) is 11.3 Å². The van der Waals surface area contributed by atoms with Gasteiger partial charge in [0.25, 0.3) is 0 Å². The SMILES string of the molecule is Nc1cccc(F)c1COCCC1CC1. The number of ether oxygens (including phenoxy) is 1. The van der Waals surface area contributed by atoms with Gasteiger partial charge < -0.3 is 10.5 Å². The highest BCUT2D eigenvalue weighted by Crippen LogP contribution is 2.32. The molecule has 0 unspecified atom stereocenters. The zero-order valence-electron chi connectivity index (χ0n) is 8.71. The van der Waals surface area contributed by atoms with Crippen LogP contribution >= 0.6 is 0 Å². The number of nitrogen functional groups attached to an aromatic ring is 1. The Morgan fingerprint density at radius 3 is 2.87 bits per heavy atom. The molecule has 1 saturated carbocycles. The molecule has 2 nitrogen and oxygen atoms in total. The summed E-state index contributed by atoms with van der Waals surface area (Å²) >= 11 is 0. The normalized spacial score (nSPS) is 15.5. The van der Waals surface area contributed by atoms with Gasteiger partial charge in [0.15, 0.2) is 0 Å². The summed E-state index contributed by atoms with van der Waals surface area (Å²) in [5.74, 6) is 0.574. The first-order valence-electron chi connectivity index (χ1n) is 5.38. The number of anilines is 1. The summed E-state index contributed by atoms with van der Waals surface area (Å²) in [5, 5.41) is 0. The van der Waals surface area contributed by atoms with Crippen LogP contribution in [0.5, 0.6) is 0 Å². The predicted molar refractivity (Wildman–Crippen MR) is 57.8 cm³/mol. The summed E-state index contributed by atoms with van der Waals surface area (Å²) in [6.07, 6.45) is 3.74. The molecule has 0 aliphatic heterocycles. The Balaban J connectivity index is 1.80. The van der Waals surface area contributed by atoms with Gasteiger partial charge in [0, 0.05) is 17.9 Å². The Bertz CT molecular complexity index is 316. The summed E-state index contributed by atoms with van der Waals surface area (Å²) < 4.78 is 18.7. The number of nitrogens with two attached hydrogens (primary N) is 1. The third-order valence-corrected chi connectivity index (χ3v) is 2.77. The third-order valence-electron chi connectivity index (χ3n) is 2.77. The van der Waals surface area contributed by atoms with Crippen molar-refractivity contribution < 1.29 is 9.13 Å². The molecule has 0 spiro atoms. The van der Waals surface area contributed by atoms with Crippen LogP contribution in [-0.4, -0.2) is 6.61 Å². The maximum atomic E-state index is 13.3. The summed E-state index contributed by atoms with van der Waals surface area (Å²) in [6.45, 7) is 0.990. The second kappa shape index (κ2) is 4.62. The highest BCUT2D eigenvalue weighted by atomic mass is 19.1. The molecular weight excluding hydrogens is 193 g/mol. The standard InChI is InChI=1S/C12H16FNO/c13-11-2-1-3-12(14)10(11)8-15-7-6-9-4-5-9/h1-3,9H,4-8,14H2. The van der Waals surface area contributed by atoms with E-state index in [2.05, 4.69) is 0 Å². The molecule has 0 saturated heterocycles. The van der Waals surface area contributed by atoms with E-state index in [1.54, 1.807) is 12.1 Å². The summed E-state index contributed by atoms with van der Waals surface area (Å²) in [7, 11) is 0. The molecule has 0 aromatic heterocycles. The molecule has 1 fully saturated rings. The van der Waals surface area contributed by atoms with Crippen LogP contribution in [0.4, 0.5) is 10.1 Å². The van der Waals surface area contributed by atoms with Crippen LogP contribution in [0.3, 0.4) is 0 Å².